The van der Waals surface area contributed by atoms with E-state index in [-0.39, 0.29) is 0 Å². The second-order valence-electron chi connectivity index (χ2n) is 5.51. The Balaban J connectivity index is 1.89. The van der Waals surface area contributed by atoms with Gasteiger partial charge in [-0.2, -0.15) is 0 Å². The van der Waals surface area contributed by atoms with Crippen LogP contribution in [0.1, 0.15) is 44.9 Å². The Labute approximate surface area is 98.6 Å². The van der Waals surface area contributed by atoms with E-state index in [0.29, 0.717) is 18.1 Å². The molecule has 1 aliphatic heterocycles. The van der Waals surface area contributed by atoms with Gasteiger partial charge in [0.2, 0.25) is 0 Å². The Kier molecular flexibility index (Phi) is 2.89. The summed E-state index contributed by atoms with van der Waals surface area (Å²) in [5.74, 6) is 1.40. The van der Waals surface area contributed by atoms with Gasteiger partial charge in [-0.25, -0.2) is 0 Å². The van der Waals surface area contributed by atoms with E-state index in [0.717, 1.165) is 5.92 Å². The van der Waals surface area contributed by atoms with Crippen LogP contribution >= 0.6 is 0 Å². The van der Waals surface area contributed by atoms with Crippen molar-refractivity contribution in [3.63, 3.8) is 0 Å². The highest BCUT2D eigenvalue weighted by Gasteiger charge is 2.41. The monoisotopic (exact) mass is 218 g/mol. The van der Waals surface area contributed by atoms with Gasteiger partial charge in [0.15, 0.2) is 0 Å². The number of fused-ring (bicyclic) bond motifs is 3. The molecule has 2 fully saturated rings. The first-order valence-corrected chi connectivity index (χ1v) is 6.88. The third-order valence-electron chi connectivity index (χ3n) is 4.62. The topological polar surface area (TPSA) is 9.23 Å². The number of ether oxygens (including phenoxy) is 1. The van der Waals surface area contributed by atoms with Gasteiger partial charge in [0.1, 0.15) is 0 Å². The van der Waals surface area contributed by atoms with Gasteiger partial charge in [-0.1, -0.05) is 30.6 Å². The summed E-state index contributed by atoms with van der Waals surface area (Å²) in [5, 5.41) is 0. The highest BCUT2D eigenvalue weighted by atomic mass is 16.5. The molecule has 0 amide bonds. The first kappa shape index (κ1) is 10.6. The van der Waals surface area contributed by atoms with E-state index in [2.05, 4.69) is 12.7 Å². The quantitative estimate of drug-likeness (QED) is 0.607. The largest absolute Gasteiger partial charge is 0.370 e. The third kappa shape index (κ3) is 1.66. The second kappa shape index (κ2) is 4.37. The maximum atomic E-state index is 6.25. The number of hydrogen-bond donors (Lipinski definition) is 0. The number of hydrogen-bond acceptors (Lipinski definition) is 1. The summed E-state index contributed by atoms with van der Waals surface area (Å²) in [4.78, 5) is 0. The van der Waals surface area contributed by atoms with Crippen LogP contribution in [0.4, 0.5) is 0 Å². The summed E-state index contributed by atoms with van der Waals surface area (Å²) in [7, 11) is 0. The lowest BCUT2D eigenvalue weighted by Crippen LogP contribution is -2.44. The van der Waals surface area contributed by atoms with Gasteiger partial charge in [0.05, 0.1) is 12.2 Å². The van der Waals surface area contributed by atoms with Gasteiger partial charge >= 0.3 is 0 Å². The average molecular weight is 218 g/mol. The first-order chi connectivity index (χ1) is 7.90. The van der Waals surface area contributed by atoms with Crippen LogP contribution in [0.3, 0.4) is 0 Å². The molecule has 3 aliphatic rings. The molecule has 0 aromatic carbocycles. The van der Waals surface area contributed by atoms with E-state index < -0.39 is 0 Å². The summed E-state index contributed by atoms with van der Waals surface area (Å²) in [6, 6.07) is 0. The normalized spacial score (nSPS) is 42.9. The summed E-state index contributed by atoms with van der Waals surface area (Å²) < 4.78 is 6.25. The molecule has 2 aliphatic carbocycles. The van der Waals surface area contributed by atoms with E-state index in [1.165, 1.54) is 44.9 Å². The molecule has 0 aromatic rings. The second-order valence-corrected chi connectivity index (χ2v) is 5.51. The van der Waals surface area contributed by atoms with Crippen LogP contribution in [0.15, 0.2) is 24.3 Å². The van der Waals surface area contributed by atoms with Gasteiger partial charge in [0.25, 0.3) is 0 Å². The highest BCUT2D eigenvalue weighted by Crippen LogP contribution is 2.46. The minimum atomic E-state index is 0.297. The number of rotatable bonds is 1. The van der Waals surface area contributed by atoms with Crippen LogP contribution in [-0.2, 0) is 4.74 Å². The summed E-state index contributed by atoms with van der Waals surface area (Å²) >= 11 is 0. The van der Waals surface area contributed by atoms with Crippen LogP contribution in [-0.4, -0.2) is 12.2 Å². The minimum Gasteiger partial charge on any atom is -0.370 e. The van der Waals surface area contributed by atoms with E-state index in [9.17, 15) is 0 Å². The van der Waals surface area contributed by atoms with Crippen molar-refractivity contribution in [2.24, 2.45) is 11.8 Å². The van der Waals surface area contributed by atoms with Gasteiger partial charge in [0, 0.05) is 11.8 Å². The molecule has 1 saturated carbocycles. The predicted octanol–water partition coefficient (Wildman–Crippen LogP) is 3.86. The van der Waals surface area contributed by atoms with Crippen molar-refractivity contribution in [3.8, 4) is 0 Å². The van der Waals surface area contributed by atoms with Crippen LogP contribution in [0.5, 0.6) is 0 Å². The minimum absolute atomic E-state index is 0.297. The molecule has 0 unspecified atom stereocenters. The lowest BCUT2D eigenvalue weighted by atomic mass is 9.69. The van der Waals surface area contributed by atoms with Crippen molar-refractivity contribution in [2.75, 3.05) is 0 Å². The van der Waals surface area contributed by atoms with Gasteiger partial charge in [-0.05, 0) is 32.1 Å². The standard InChI is InChI=1S/C15H22O/c1-2-14-12-8-4-3-7-11(12)13-9-5-6-10-15(13)16-14/h2,7,12-15H,1,3-6,8-10H2/t12-,13+,14-,15+/m0/s1. The first-order valence-electron chi connectivity index (χ1n) is 6.88. The molecule has 88 valence electrons. The van der Waals surface area contributed by atoms with Crippen molar-refractivity contribution in [3.05, 3.63) is 24.3 Å². The lowest BCUT2D eigenvalue weighted by Gasteiger charge is -2.46. The maximum Gasteiger partial charge on any atom is 0.0822 e. The molecule has 0 radical (unpaired) electrons. The van der Waals surface area contributed by atoms with Crippen molar-refractivity contribution >= 4 is 0 Å². The van der Waals surface area contributed by atoms with Crippen molar-refractivity contribution in [2.45, 2.75) is 57.2 Å². The lowest BCUT2D eigenvalue weighted by molar-refractivity contribution is -0.0824. The predicted molar refractivity (Wildman–Crippen MR) is 66.2 cm³/mol. The van der Waals surface area contributed by atoms with Crippen LogP contribution in [0, 0.1) is 11.8 Å². The SMILES string of the molecule is C=C[C@@H]1O[C@@H]2CCCC[C@@H]2C2=CCCC[C@@H]21. The fraction of sp³-hybridized carbons (Fsp3) is 0.733. The molecule has 1 nitrogen and oxygen atoms in total. The average Bonchev–Trinajstić information content (AvgIpc) is 2.38. The zero-order valence-corrected chi connectivity index (χ0v) is 10.0. The zero-order valence-electron chi connectivity index (χ0n) is 10.0. The zero-order chi connectivity index (χ0) is 11.0. The van der Waals surface area contributed by atoms with Gasteiger partial charge in [-0.3, -0.25) is 0 Å². The third-order valence-corrected chi connectivity index (χ3v) is 4.62. The molecule has 0 N–H and O–H groups in total. The summed E-state index contributed by atoms with van der Waals surface area (Å²) in [6.07, 6.45) is 14.7. The van der Waals surface area contributed by atoms with Crippen LogP contribution in [0.2, 0.25) is 0 Å². The van der Waals surface area contributed by atoms with Crippen molar-refractivity contribution in [1.82, 2.24) is 0 Å². The molecule has 0 aromatic heterocycles. The Morgan fingerprint density at radius 3 is 2.81 bits per heavy atom. The molecule has 1 heteroatoms. The fourth-order valence-electron chi connectivity index (χ4n) is 3.86. The number of allylic oxidation sites excluding steroid dienone is 1. The van der Waals surface area contributed by atoms with Crippen molar-refractivity contribution < 1.29 is 4.74 Å². The van der Waals surface area contributed by atoms with E-state index in [1.807, 2.05) is 6.08 Å². The van der Waals surface area contributed by atoms with Crippen LogP contribution < -0.4 is 0 Å². The summed E-state index contributed by atoms with van der Waals surface area (Å²) in [6.45, 7) is 3.96. The van der Waals surface area contributed by atoms with E-state index in [1.54, 1.807) is 5.57 Å². The maximum absolute atomic E-state index is 6.25. The Bertz CT molecular complexity index is 305. The van der Waals surface area contributed by atoms with Crippen LogP contribution in [0.25, 0.3) is 0 Å². The summed E-state index contributed by atoms with van der Waals surface area (Å²) in [5.41, 5.74) is 1.73. The van der Waals surface area contributed by atoms with Gasteiger partial charge < -0.3 is 4.74 Å². The molecule has 0 spiro atoms. The Hall–Kier alpha value is -0.560. The van der Waals surface area contributed by atoms with Gasteiger partial charge in [-0.15, -0.1) is 6.58 Å². The molecule has 3 rings (SSSR count). The van der Waals surface area contributed by atoms with Crippen molar-refractivity contribution in [1.29, 1.82) is 0 Å². The van der Waals surface area contributed by atoms with E-state index >= 15 is 0 Å². The highest BCUT2D eigenvalue weighted by molar-refractivity contribution is 5.22. The molecule has 1 heterocycles. The molecule has 1 saturated heterocycles. The smallest absolute Gasteiger partial charge is 0.0822 e. The molecule has 16 heavy (non-hydrogen) atoms. The van der Waals surface area contributed by atoms with E-state index in [4.69, 9.17) is 4.74 Å². The Morgan fingerprint density at radius 1 is 1.12 bits per heavy atom. The fourth-order valence-corrected chi connectivity index (χ4v) is 3.86. The Morgan fingerprint density at radius 2 is 1.94 bits per heavy atom. The molecule has 0 bridgehead atoms. The molecular weight excluding hydrogens is 196 g/mol. The molecular formula is C15H22O. The molecule has 4 atom stereocenters.